The van der Waals surface area contributed by atoms with Crippen molar-refractivity contribution in [1.82, 2.24) is 4.90 Å². The topological polar surface area (TPSA) is 46.3 Å². The molecule has 5 heteroatoms. The molecule has 1 aromatic heterocycles. The van der Waals surface area contributed by atoms with Gasteiger partial charge in [-0.1, -0.05) is 48.6 Å². The molecular weight excluding hydrogens is 300 g/mol. The second-order valence-electron chi connectivity index (χ2n) is 4.89. The summed E-state index contributed by atoms with van der Waals surface area (Å²) in [6.45, 7) is 2.01. The van der Waals surface area contributed by atoms with Gasteiger partial charge in [0.05, 0.1) is 11.0 Å². The number of hydrogen-bond donors (Lipinski definition) is 1. The molecular formula is C16H18N2OS2. The lowest BCUT2D eigenvalue weighted by Crippen LogP contribution is -2.38. The maximum absolute atomic E-state index is 12.8. The fraction of sp³-hybridized carbons (Fsp3) is 0.250. The van der Waals surface area contributed by atoms with Crippen LogP contribution in [0.15, 0.2) is 47.8 Å². The van der Waals surface area contributed by atoms with Crippen LogP contribution in [-0.4, -0.2) is 22.8 Å². The van der Waals surface area contributed by atoms with E-state index < -0.39 is 5.92 Å². The summed E-state index contributed by atoms with van der Waals surface area (Å²) in [4.78, 5) is 15.8. The molecule has 0 aliphatic heterocycles. The number of carbonyl (C=O) groups excluding carboxylic acids is 1. The predicted octanol–water partition coefficient (Wildman–Crippen LogP) is 3.34. The molecule has 1 heterocycles. The van der Waals surface area contributed by atoms with E-state index in [4.69, 9.17) is 18.0 Å². The van der Waals surface area contributed by atoms with E-state index in [1.165, 1.54) is 0 Å². The summed E-state index contributed by atoms with van der Waals surface area (Å²) >= 11 is 6.75. The van der Waals surface area contributed by atoms with Crippen molar-refractivity contribution in [3.63, 3.8) is 0 Å². The van der Waals surface area contributed by atoms with Gasteiger partial charge in [-0.3, -0.25) is 4.79 Å². The van der Waals surface area contributed by atoms with Crippen LogP contribution in [0.3, 0.4) is 0 Å². The van der Waals surface area contributed by atoms with Gasteiger partial charge in [0.25, 0.3) is 0 Å². The van der Waals surface area contributed by atoms with Gasteiger partial charge in [-0.2, -0.15) is 0 Å². The molecule has 0 spiro atoms. The largest absolute Gasteiger partial charge is 0.392 e. The zero-order valence-electron chi connectivity index (χ0n) is 12.0. The summed E-state index contributed by atoms with van der Waals surface area (Å²) in [6.07, 6.45) is 0. The summed E-state index contributed by atoms with van der Waals surface area (Å²) in [5.41, 5.74) is 6.65. The van der Waals surface area contributed by atoms with Gasteiger partial charge in [0.15, 0.2) is 0 Å². The van der Waals surface area contributed by atoms with Crippen molar-refractivity contribution < 1.29 is 4.79 Å². The Kier molecular flexibility index (Phi) is 5.09. The smallest absolute Gasteiger partial charge is 0.237 e. The van der Waals surface area contributed by atoms with Crippen LogP contribution in [0.4, 0.5) is 0 Å². The van der Waals surface area contributed by atoms with Crippen molar-refractivity contribution in [2.24, 2.45) is 5.73 Å². The van der Waals surface area contributed by atoms with Crippen LogP contribution in [0.5, 0.6) is 0 Å². The Morgan fingerprint density at radius 1 is 1.24 bits per heavy atom. The molecule has 0 radical (unpaired) electrons. The van der Waals surface area contributed by atoms with E-state index in [2.05, 4.69) is 0 Å². The fourth-order valence-electron chi connectivity index (χ4n) is 2.19. The van der Waals surface area contributed by atoms with Crippen molar-refractivity contribution in [2.75, 3.05) is 7.05 Å². The number of thiocarbonyl (C=S) groups is 1. The van der Waals surface area contributed by atoms with E-state index in [0.717, 1.165) is 10.4 Å². The van der Waals surface area contributed by atoms with Gasteiger partial charge in [0.1, 0.15) is 5.92 Å². The Labute approximate surface area is 134 Å². The van der Waals surface area contributed by atoms with E-state index in [0.29, 0.717) is 0 Å². The van der Waals surface area contributed by atoms with Gasteiger partial charge >= 0.3 is 0 Å². The minimum atomic E-state index is -0.575. The van der Waals surface area contributed by atoms with E-state index >= 15 is 0 Å². The molecule has 2 unspecified atom stereocenters. The van der Waals surface area contributed by atoms with Gasteiger partial charge in [-0.25, -0.2) is 0 Å². The minimum Gasteiger partial charge on any atom is -0.392 e. The van der Waals surface area contributed by atoms with Crippen LogP contribution in [0.1, 0.15) is 29.3 Å². The highest BCUT2D eigenvalue weighted by molar-refractivity contribution is 7.80. The number of nitrogens with zero attached hydrogens (tertiary/aromatic N) is 1. The summed E-state index contributed by atoms with van der Waals surface area (Å²) in [5, 5.41) is 2.01. The number of rotatable bonds is 5. The maximum atomic E-state index is 12.8. The molecule has 1 aromatic carbocycles. The van der Waals surface area contributed by atoms with Crippen molar-refractivity contribution >= 4 is 34.5 Å². The van der Waals surface area contributed by atoms with E-state index in [1.54, 1.807) is 23.3 Å². The number of carbonyl (C=O) groups is 1. The summed E-state index contributed by atoms with van der Waals surface area (Å²) in [7, 11) is 1.79. The third-order valence-corrected chi connectivity index (χ3v) is 4.83. The molecule has 1 amide bonds. The first-order chi connectivity index (χ1) is 10.0. The van der Waals surface area contributed by atoms with E-state index in [9.17, 15) is 4.79 Å². The Morgan fingerprint density at radius 2 is 1.90 bits per heavy atom. The standard InChI is InChI=1S/C16H18N2OS2/c1-11(13-9-6-10-21-13)18(2)16(19)14(15(17)20)12-7-4-3-5-8-12/h3-11,14H,1-2H3,(H2,17,20). The number of hydrogen-bond acceptors (Lipinski definition) is 3. The summed E-state index contributed by atoms with van der Waals surface area (Å²) < 4.78 is 0. The molecule has 21 heavy (non-hydrogen) atoms. The highest BCUT2D eigenvalue weighted by Gasteiger charge is 2.29. The Balaban J connectivity index is 2.25. The average Bonchev–Trinajstić information content (AvgIpc) is 3.00. The highest BCUT2D eigenvalue weighted by Crippen LogP contribution is 2.27. The van der Waals surface area contributed by atoms with Crippen LogP contribution in [0.25, 0.3) is 0 Å². The Hall–Kier alpha value is -1.72. The van der Waals surface area contributed by atoms with Gasteiger partial charge in [0, 0.05) is 11.9 Å². The monoisotopic (exact) mass is 318 g/mol. The molecule has 2 aromatic rings. The molecule has 3 nitrogen and oxygen atoms in total. The van der Waals surface area contributed by atoms with Crippen LogP contribution in [0.2, 0.25) is 0 Å². The number of benzene rings is 1. The molecule has 0 saturated heterocycles. The van der Waals surface area contributed by atoms with Crippen molar-refractivity contribution in [3.05, 3.63) is 58.3 Å². The molecule has 110 valence electrons. The van der Waals surface area contributed by atoms with Gasteiger partial charge in [-0.15, -0.1) is 11.3 Å². The first kappa shape index (κ1) is 15.7. The second kappa shape index (κ2) is 6.83. The van der Waals surface area contributed by atoms with Crippen LogP contribution >= 0.6 is 23.6 Å². The summed E-state index contributed by atoms with van der Waals surface area (Å²) in [6, 6.07) is 13.4. The molecule has 0 bridgehead atoms. The third kappa shape index (κ3) is 3.49. The van der Waals surface area contributed by atoms with Crippen LogP contribution < -0.4 is 5.73 Å². The van der Waals surface area contributed by atoms with Crippen LogP contribution in [0, 0.1) is 0 Å². The first-order valence-corrected chi connectivity index (χ1v) is 7.95. The normalized spacial score (nSPS) is 13.4. The average molecular weight is 318 g/mol. The quantitative estimate of drug-likeness (QED) is 0.860. The predicted molar refractivity (Wildman–Crippen MR) is 91.5 cm³/mol. The highest BCUT2D eigenvalue weighted by atomic mass is 32.1. The zero-order chi connectivity index (χ0) is 15.4. The van der Waals surface area contributed by atoms with Gasteiger partial charge in [0.2, 0.25) is 5.91 Å². The molecule has 2 atom stereocenters. The fourth-order valence-corrected chi connectivity index (χ4v) is 3.25. The second-order valence-corrected chi connectivity index (χ2v) is 6.34. The molecule has 2 N–H and O–H groups in total. The van der Waals surface area contributed by atoms with Crippen molar-refractivity contribution in [1.29, 1.82) is 0 Å². The van der Waals surface area contributed by atoms with Gasteiger partial charge in [-0.05, 0) is 23.9 Å². The molecule has 0 aliphatic carbocycles. The number of amides is 1. The third-order valence-electron chi connectivity index (χ3n) is 3.55. The van der Waals surface area contributed by atoms with E-state index in [1.807, 2.05) is 54.8 Å². The summed E-state index contributed by atoms with van der Waals surface area (Å²) in [5.74, 6) is -0.650. The van der Waals surface area contributed by atoms with Gasteiger partial charge < -0.3 is 10.6 Å². The van der Waals surface area contributed by atoms with Crippen molar-refractivity contribution in [2.45, 2.75) is 18.9 Å². The van der Waals surface area contributed by atoms with E-state index in [-0.39, 0.29) is 16.9 Å². The molecule has 2 rings (SSSR count). The lowest BCUT2D eigenvalue weighted by Gasteiger charge is -2.28. The zero-order valence-corrected chi connectivity index (χ0v) is 13.7. The number of likely N-dealkylation sites (N-methyl/N-ethyl adjacent to an activating group) is 1. The lowest BCUT2D eigenvalue weighted by atomic mass is 9.97. The first-order valence-electron chi connectivity index (χ1n) is 6.66. The Morgan fingerprint density at radius 3 is 2.43 bits per heavy atom. The number of thiophene rings is 1. The van der Waals surface area contributed by atoms with Crippen molar-refractivity contribution in [3.8, 4) is 0 Å². The molecule has 0 saturated carbocycles. The Bertz CT molecular complexity index is 610. The molecule has 0 aliphatic rings. The number of nitrogens with two attached hydrogens (primary N) is 1. The van der Waals surface area contributed by atoms with Crippen LogP contribution in [-0.2, 0) is 4.79 Å². The lowest BCUT2D eigenvalue weighted by molar-refractivity contribution is -0.131. The SMILES string of the molecule is CC(c1cccs1)N(C)C(=O)C(C(N)=S)c1ccccc1. The molecule has 0 fully saturated rings. The maximum Gasteiger partial charge on any atom is 0.237 e. The minimum absolute atomic E-state index is 0.00179.